The number of fused-ring (bicyclic) bond motifs is 1. The van der Waals surface area contributed by atoms with E-state index in [1.54, 1.807) is 29.6 Å². The van der Waals surface area contributed by atoms with Crippen molar-refractivity contribution in [2.45, 2.75) is 24.5 Å². The number of carbonyl (C=O) groups is 2. The molecule has 0 atom stereocenters. The Balaban J connectivity index is 1.71. The summed E-state index contributed by atoms with van der Waals surface area (Å²) in [6, 6.07) is 7.25. The highest BCUT2D eigenvalue weighted by molar-refractivity contribution is 7.98. The molecule has 0 saturated heterocycles. The lowest BCUT2D eigenvalue weighted by atomic mass is 10.1. The van der Waals surface area contributed by atoms with Crippen LogP contribution < -0.4 is 10.6 Å². The number of hydrogen-bond donors (Lipinski definition) is 2. The number of ether oxygens (including phenoxy) is 1. The van der Waals surface area contributed by atoms with Gasteiger partial charge in [0.15, 0.2) is 0 Å². The van der Waals surface area contributed by atoms with Gasteiger partial charge >= 0.3 is 0 Å². The van der Waals surface area contributed by atoms with Crippen LogP contribution in [0.5, 0.6) is 0 Å². The first-order valence-corrected chi connectivity index (χ1v) is 10.1. The summed E-state index contributed by atoms with van der Waals surface area (Å²) >= 11 is 7.88. The first kappa shape index (κ1) is 19.7. The Hall–Kier alpha value is -2.03. The third-order valence-electron chi connectivity index (χ3n) is 4.11. The van der Waals surface area contributed by atoms with E-state index in [0.29, 0.717) is 24.0 Å². The second-order valence-electron chi connectivity index (χ2n) is 6.08. The standard InChI is InChI=1S/C18H21ClN4O3S/c1-26-7-6-20-17(25)9-23-18(13-10-27-11-15(13)22-23)21-16(24)8-12-4-2-3-5-14(12)19/h2-5H,6-11H2,1H3,(H,20,25)(H,21,24). The van der Waals surface area contributed by atoms with Crippen molar-refractivity contribution in [1.82, 2.24) is 15.1 Å². The van der Waals surface area contributed by atoms with E-state index in [2.05, 4.69) is 15.7 Å². The van der Waals surface area contributed by atoms with Crippen molar-refractivity contribution in [2.24, 2.45) is 0 Å². The summed E-state index contributed by atoms with van der Waals surface area (Å²) in [5.41, 5.74) is 2.65. The lowest BCUT2D eigenvalue weighted by Crippen LogP contribution is -2.31. The normalized spacial score (nSPS) is 12.7. The van der Waals surface area contributed by atoms with Gasteiger partial charge in [0.25, 0.3) is 0 Å². The van der Waals surface area contributed by atoms with Gasteiger partial charge in [-0.1, -0.05) is 29.8 Å². The summed E-state index contributed by atoms with van der Waals surface area (Å²) in [6.07, 6.45) is 0.160. The third-order valence-corrected chi connectivity index (χ3v) is 5.45. The van der Waals surface area contributed by atoms with Gasteiger partial charge in [-0.3, -0.25) is 9.59 Å². The maximum Gasteiger partial charge on any atom is 0.241 e. The van der Waals surface area contributed by atoms with Gasteiger partial charge in [-0.25, -0.2) is 4.68 Å². The molecule has 1 aliphatic rings. The topological polar surface area (TPSA) is 85.2 Å². The van der Waals surface area contributed by atoms with Crippen LogP contribution in [0.2, 0.25) is 5.02 Å². The Labute approximate surface area is 166 Å². The van der Waals surface area contributed by atoms with Crippen molar-refractivity contribution >= 4 is 41.0 Å². The molecule has 144 valence electrons. The van der Waals surface area contributed by atoms with Crippen molar-refractivity contribution < 1.29 is 14.3 Å². The van der Waals surface area contributed by atoms with Crippen LogP contribution in [0.4, 0.5) is 5.82 Å². The van der Waals surface area contributed by atoms with E-state index in [1.807, 2.05) is 18.2 Å². The molecule has 2 N–H and O–H groups in total. The Bertz CT molecular complexity index is 840. The Morgan fingerprint density at radius 3 is 2.89 bits per heavy atom. The van der Waals surface area contributed by atoms with Crippen LogP contribution in [0.3, 0.4) is 0 Å². The molecule has 0 saturated carbocycles. The number of rotatable bonds is 8. The van der Waals surface area contributed by atoms with Crippen LogP contribution in [0, 0.1) is 0 Å². The number of carbonyl (C=O) groups excluding carboxylic acids is 2. The smallest absolute Gasteiger partial charge is 0.241 e. The maximum absolute atomic E-state index is 12.5. The van der Waals surface area contributed by atoms with Gasteiger partial charge in [-0.15, -0.1) is 0 Å². The molecule has 1 aromatic carbocycles. The van der Waals surface area contributed by atoms with E-state index in [-0.39, 0.29) is 24.8 Å². The van der Waals surface area contributed by atoms with Crippen LogP contribution >= 0.6 is 23.4 Å². The van der Waals surface area contributed by atoms with Crippen LogP contribution in [-0.2, 0) is 38.8 Å². The largest absolute Gasteiger partial charge is 0.383 e. The highest BCUT2D eigenvalue weighted by Gasteiger charge is 2.25. The molecule has 1 aromatic heterocycles. The zero-order chi connectivity index (χ0) is 19.2. The van der Waals surface area contributed by atoms with Gasteiger partial charge < -0.3 is 15.4 Å². The molecule has 0 aliphatic carbocycles. The molecule has 3 rings (SSSR count). The molecular formula is C18H21ClN4O3S. The van der Waals surface area contributed by atoms with Crippen molar-refractivity contribution in [3.05, 3.63) is 46.1 Å². The fraction of sp³-hybridized carbons (Fsp3) is 0.389. The zero-order valence-corrected chi connectivity index (χ0v) is 16.5. The molecule has 0 bridgehead atoms. The molecule has 2 amide bonds. The van der Waals surface area contributed by atoms with Gasteiger partial charge in [0.05, 0.1) is 18.7 Å². The summed E-state index contributed by atoms with van der Waals surface area (Å²) in [5.74, 6) is 1.77. The van der Waals surface area contributed by atoms with E-state index in [0.717, 1.165) is 28.3 Å². The number of nitrogens with one attached hydrogen (secondary N) is 2. The minimum absolute atomic E-state index is 0.0447. The summed E-state index contributed by atoms with van der Waals surface area (Å²) in [5, 5.41) is 10.7. The SMILES string of the molecule is COCCNC(=O)Cn1nc2c(c1NC(=O)Cc1ccccc1Cl)CSC2. The van der Waals surface area contributed by atoms with E-state index >= 15 is 0 Å². The summed E-state index contributed by atoms with van der Waals surface area (Å²) in [4.78, 5) is 24.7. The Morgan fingerprint density at radius 2 is 2.11 bits per heavy atom. The summed E-state index contributed by atoms with van der Waals surface area (Å²) in [7, 11) is 1.58. The van der Waals surface area contributed by atoms with Crippen molar-refractivity contribution in [3.63, 3.8) is 0 Å². The van der Waals surface area contributed by atoms with Gasteiger partial charge in [-0.05, 0) is 11.6 Å². The van der Waals surface area contributed by atoms with Gasteiger partial charge in [0, 0.05) is 35.7 Å². The van der Waals surface area contributed by atoms with Crippen LogP contribution in [0.15, 0.2) is 24.3 Å². The molecule has 0 unspecified atom stereocenters. The summed E-state index contributed by atoms with van der Waals surface area (Å²) in [6.45, 7) is 0.920. The summed E-state index contributed by atoms with van der Waals surface area (Å²) < 4.78 is 6.49. The number of benzene rings is 1. The van der Waals surface area contributed by atoms with Crippen molar-refractivity contribution in [1.29, 1.82) is 0 Å². The molecule has 7 nitrogen and oxygen atoms in total. The molecule has 9 heteroatoms. The van der Waals surface area contributed by atoms with E-state index < -0.39 is 0 Å². The average Bonchev–Trinajstić information content (AvgIpc) is 3.20. The Morgan fingerprint density at radius 1 is 1.30 bits per heavy atom. The fourth-order valence-electron chi connectivity index (χ4n) is 2.80. The fourth-order valence-corrected chi connectivity index (χ4v) is 4.03. The number of hydrogen-bond acceptors (Lipinski definition) is 5. The predicted molar refractivity (Wildman–Crippen MR) is 106 cm³/mol. The molecule has 0 radical (unpaired) electrons. The first-order valence-electron chi connectivity index (χ1n) is 8.53. The highest BCUT2D eigenvalue weighted by atomic mass is 35.5. The zero-order valence-electron chi connectivity index (χ0n) is 15.0. The number of thioether (sulfide) groups is 1. The molecule has 0 fully saturated rings. The highest BCUT2D eigenvalue weighted by Crippen LogP contribution is 2.34. The monoisotopic (exact) mass is 408 g/mol. The van der Waals surface area contributed by atoms with Crippen molar-refractivity contribution in [3.8, 4) is 0 Å². The number of nitrogens with zero attached hydrogens (tertiary/aromatic N) is 2. The molecule has 27 heavy (non-hydrogen) atoms. The minimum Gasteiger partial charge on any atom is -0.383 e. The van der Waals surface area contributed by atoms with Crippen LogP contribution in [0.1, 0.15) is 16.8 Å². The van der Waals surface area contributed by atoms with Crippen LogP contribution in [0.25, 0.3) is 0 Å². The second-order valence-corrected chi connectivity index (χ2v) is 7.48. The number of anilines is 1. The molecule has 1 aliphatic heterocycles. The van der Waals surface area contributed by atoms with Crippen molar-refractivity contribution in [2.75, 3.05) is 25.6 Å². The van der Waals surface area contributed by atoms with Gasteiger partial charge in [-0.2, -0.15) is 16.9 Å². The number of methoxy groups -OCH3 is 1. The molecule has 0 spiro atoms. The molecule has 2 aromatic rings. The predicted octanol–water partition coefficient (Wildman–Crippen LogP) is 2.23. The maximum atomic E-state index is 12.5. The molecule has 2 heterocycles. The van der Waals surface area contributed by atoms with Gasteiger partial charge in [0.1, 0.15) is 12.4 Å². The lowest BCUT2D eigenvalue weighted by molar-refractivity contribution is -0.122. The third kappa shape index (κ3) is 5.03. The number of amides is 2. The average molecular weight is 409 g/mol. The number of halogens is 1. The van der Waals surface area contributed by atoms with Crippen LogP contribution in [-0.4, -0.2) is 41.9 Å². The molecular weight excluding hydrogens is 388 g/mol. The van der Waals surface area contributed by atoms with E-state index in [4.69, 9.17) is 16.3 Å². The minimum atomic E-state index is -0.191. The van der Waals surface area contributed by atoms with Gasteiger partial charge in [0.2, 0.25) is 11.8 Å². The van der Waals surface area contributed by atoms with E-state index in [9.17, 15) is 9.59 Å². The quantitative estimate of drug-likeness (QED) is 0.654. The number of aromatic nitrogens is 2. The Kier molecular flexibility index (Phi) is 6.76. The lowest BCUT2D eigenvalue weighted by Gasteiger charge is -2.12. The van der Waals surface area contributed by atoms with E-state index in [1.165, 1.54) is 0 Å². The first-order chi connectivity index (χ1) is 13.1. The second kappa shape index (κ2) is 9.25.